The molecule has 0 aliphatic rings. The van der Waals surface area contributed by atoms with Crippen LogP contribution in [0.1, 0.15) is 36.7 Å². The number of hydrogen-bond acceptors (Lipinski definition) is 3. The van der Waals surface area contributed by atoms with Gasteiger partial charge in [0.15, 0.2) is 0 Å². The summed E-state index contributed by atoms with van der Waals surface area (Å²) < 4.78 is 6.40. The molecule has 19 heavy (non-hydrogen) atoms. The summed E-state index contributed by atoms with van der Waals surface area (Å²) in [5.74, 6) is -0.919. The number of carboxylic acid groups (broad SMARTS) is 1. The molecule has 0 bridgehead atoms. The maximum absolute atomic E-state index is 10.8. The summed E-state index contributed by atoms with van der Waals surface area (Å²) in [6, 6.07) is 5.04. The molecule has 0 saturated heterocycles. The summed E-state index contributed by atoms with van der Waals surface area (Å²) in [5, 5.41) is 12.2. The van der Waals surface area contributed by atoms with Crippen LogP contribution in [-0.2, 0) is 11.3 Å². The van der Waals surface area contributed by atoms with Crippen LogP contribution < -0.4 is 5.32 Å². The van der Waals surface area contributed by atoms with E-state index in [2.05, 4.69) is 21.2 Å². The number of carbonyl (C=O) groups is 1. The van der Waals surface area contributed by atoms with Gasteiger partial charge in [-0.3, -0.25) is 0 Å². The first kappa shape index (κ1) is 16.1. The highest BCUT2D eigenvalue weighted by atomic mass is 79.9. The second-order valence-corrected chi connectivity index (χ2v) is 5.76. The van der Waals surface area contributed by atoms with Crippen molar-refractivity contribution in [1.29, 1.82) is 0 Å². The quantitative estimate of drug-likeness (QED) is 0.807. The van der Waals surface area contributed by atoms with E-state index in [1.807, 2.05) is 26.8 Å². The molecule has 4 nitrogen and oxygen atoms in total. The van der Waals surface area contributed by atoms with Gasteiger partial charge in [-0.25, -0.2) is 4.79 Å². The maximum Gasteiger partial charge on any atom is 0.335 e. The van der Waals surface area contributed by atoms with Crippen molar-refractivity contribution in [2.75, 3.05) is 13.2 Å². The Morgan fingerprint density at radius 2 is 2.16 bits per heavy atom. The van der Waals surface area contributed by atoms with E-state index < -0.39 is 5.97 Å². The van der Waals surface area contributed by atoms with E-state index in [1.54, 1.807) is 12.1 Å². The Kier molecular flexibility index (Phi) is 5.97. The van der Waals surface area contributed by atoms with Crippen LogP contribution in [-0.4, -0.2) is 29.8 Å². The highest BCUT2D eigenvalue weighted by Gasteiger charge is 2.16. The van der Waals surface area contributed by atoms with Crippen molar-refractivity contribution in [2.45, 2.75) is 32.9 Å². The SMILES string of the molecule is CCOC(C)(C)CNCc1ccc(C(=O)O)cc1Br. The first-order valence-electron chi connectivity index (χ1n) is 6.22. The third kappa shape index (κ3) is 5.30. The molecule has 0 spiro atoms. The molecule has 0 aliphatic carbocycles. The van der Waals surface area contributed by atoms with E-state index in [4.69, 9.17) is 9.84 Å². The number of benzene rings is 1. The van der Waals surface area contributed by atoms with Crippen LogP contribution in [0.3, 0.4) is 0 Å². The lowest BCUT2D eigenvalue weighted by Crippen LogP contribution is -2.37. The van der Waals surface area contributed by atoms with Gasteiger partial charge in [0.25, 0.3) is 0 Å². The van der Waals surface area contributed by atoms with Crippen molar-refractivity contribution >= 4 is 21.9 Å². The number of rotatable bonds is 7. The van der Waals surface area contributed by atoms with E-state index in [0.29, 0.717) is 13.2 Å². The lowest BCUT2D eigenvalue weighted by atomic mass is 10.1. The van der Waals surface area contributed by atoms with E-state index in [0.717, 1.165) is 16.6 Å². The summed E-state index contributed by atoms with van der Waals surface area (Å²) in [6.07, 6.45) is 0. The van der Waals surface area contributed by atoms with Crippen LogP contribution in [0.25, 0.3) is 0 Å². The molecule has 0 radical (unpaired) electrons. The van der Waals surface area contributed by atoms with Gasteiger partial charge >= 0.3 is 5.97 Å². The monoisotopic (exact) mass is 329 g/mol. The summed E-state index contributed by atoms with van der Waals surface area (Å²) >= 11 is 3.39. The number of nitrogens with one attached hydrogen (secondary N) is 1. The van der Waals surface area contributed by atoms with E-state index in [1.165, 1.54) is 0 Å². The van der Waals surface area contributed by atoms with E-state index in [9.17, 15) is 4.79 Å². The normalized spacial score (nSPS) is 11.6. The molecule has 1 rings (SSSR count). The number of aromatic carboxylic acids is 1. The van der Waals surface area contributed by atoms with Crippen molar-refractivity contribution in [3.05, 3.63) is 33.8 Å². The Morgan fingerprint density at radius 1 is 1.47 bits per heavy atom. The zero-order chi connectivity index (χ0) is 14.5. The summed E-state index contributed by atoms with van der Waals surface area (Å²) in [7, 11) is 0. The molecule has 1 aromatic carbocycles. The number of halogens is 1. The van der Waals surface area contributed by atoms with E-state index >= 15 is 0 Å². The first-order chi connectivity index (χ1) is 8.85. The van der Waals surface area contributed by atoms with Gasteiger partial charge in [-0.1, -0.05) is 22.0 Å². The third-order valence-corrected chi connectivity index (χ3v) is 3.44. The molecule has 0 aliphatic heterocycles. The average molecular weight is 330 g/mol. The molecule has 0 amide bonds. The van der Waals surface area contributed by atoms with Gasteiger partial charge in [0, 0.05) is 24.2 Å². The molecule has 0 aromatic heterocycles. The molecule has 0 fully saturated rings. The molecule has 2 N–H and O–H groups in total. The minimum atomic E-state index is -0.919. The lowest BCUT2D eigenvalue weighted by molar-refractivity contribution is -0.00898. The fourth-order valence-electron chi connectivity index (χ4n) is 1.76. The number of carboxylic acids is 1. The van der Waals surface area contributed by atoms with Crippen LogP contribution in [0.4, 0.5) is 0 Å². The van der Waals surface area contributed by atoms with Crippen molar-refractivity contribution in [1.82, 2.24) is 5.32 Å². The molecule has 0 unspecified atom stereocenters. The van der Waals surface area contributed by atoms with Crippen molar-refractivity contribution in [3.8, 4) is 0 Å². The fourth-order valence-corrected chi connectivity index (χ4v) is 2.28. The Labute approximate surface area is 122 Å². The van der Waals surface area contributed by atoms with Gasteiger partial charge in [-0.05, 0) is 38.5 Å². The van der Waals surface area contributed by atoms with Crippen molar-refractivity contribution in [3.63, 3.8) is 0 Å². The number of hydrogen-bond donors (Lipinski definition) is 2. The molecule has 106 valence electrons. The van der Waals surface area contributed by atoms with Crippen LogP contribution in [0, 0.1) is 0 Å². The van der Waals surface area contributed by atoms with Gasteiger partial charge < -0.3 is 15.2 Å². The van der Waals surface area contributed by atoms with Gasteiger partial charge in [0.2, 0.25) is 0 Å². The Balaban J connectivity index is 2.57. The topological polar surface area (TPSA) is 58.6 Å². The predicted octanol–water partition coefficient (Wildman–Crippen LogP) is 3.05. The predicted molar refractivity (Wildman–Crippen MR) is 78.5 cm³/mol. The van der Waals surface area contributed by atoms with Crippen LogP contribution in [0.5, 0.6) is 0 Å². The largest absolute Gasteiger partial charge is 0.478 e. The standard InChI is InChI=1S/C14H20BrNO3/c1-4-19-14(2,3)9-16-8-11-6-5-10(13(17)18)7-12(11)15/h5-7,16H,4,8-9H2,1-3H3,(H,17,18). The molecule has 0 atom stereocenters. The zero-order valence-electron chi connectivity index (χ0n) is 11.5. The molecule has 0 heterocycles. The Morgan fingerprint density at radius 3 is 2.68 bits per heavy atom. The highest BCUT2D eigenvalue weighted by molar-refractivity contribution is 9.10. The summed E-state index contributed by atoms with van der Waals surface area (Å²) in [6.45, 7) is 8.12. The van der Waals surface area contributed by atoms with Gasteiger partial charge in [-0.2, -0.15) is 0 Å². The minimum Gasteiger partial charge on any atom is -0.478 e. The first-order valence-corrected chi connectivity index (χ1v) is 7.01. The smallest absolute Gasteiger partial charge is 0.335 e. The van der Waals surface area contributed by atoms with Gasteiger partial charge in [0.1, 0.15) is 0 Å². The summed E-state index contributed by atoms with van der Waals surface area (Å²) in [4.78, 5) is 10.8. The zero-order valence-corrected chi connectivity index (χ0v) is 13.1. The minimum absolute atomic E-state index is 0.206. The lowest BCUT2D eigenvalue weighted by Gasteiger charge is -2.25. The van der Waals surface area contributed by atoms with Crippen LogP contribution >= 0.6 is 15.9 Å². The maximum atomic E-state index is 10.8. The molecule has 1 aromatic rings. The fraction of sp³-hybridized carbons (Fsp3) is 0.500. The van der Waals surface area contributed by atoms with Crippen LogP contribution in [0.15, 0.2) is 22.7 Å². The highest BCUT2D eigenvalue weighted by Crippen LogP contribution is 2.19. The van der Waals surface area contributed by atoms with Gasteiger partial charge in [0.05, 0.1) is 11.2 Å². The Bertz CT molecular complexity index is 446. The molecule has 0 saturated carbocycles. The van der Waals surface area contributed by atoms with Crippen LogP contribution in [0.2, 0.25) is 0 Å². The third-order valence-electron chi connectivity index (χ3n) is 2.70. The van der Waals surface area contributed by atoms with Crippen molar-refractivity contribution < 1.29 is 14.6 Å². The molecular formula is C14H20BrNO3. The van der Waals surface area contributed by atoms with Gasteiger partial charge in [-0.15, -0.1) is 0 Å². The number of ether oxygens (including phenoxy) is 1. The second kappa shape index (κ2) is 7.03. The average Bonchev–Trinajstić information content (AvgIpc) is 2.30. The van der Waals surface area contributed by atoms with Crippen molar-refractivity contribution in [2.24, 2.45) is 0 Å². The Hall–Kier alpha value is -0.910. The van der Waals surface area contributed by atoms with E-state index in [-0.39, 0.29) is 11.2 Å². The molecular weight excluding hydrogens is 310 g/mol. The summed E-state index contributed by atoms with van der Waals surface area (Å²) in [5.41, 5.74) is 1.10. The second-order valence-electron chi connectivity index (χ2n) is 4.91. The molecule has 5 heteroatoms.